The Kier molecular flexibility index (Phi) is 2.56. The molecule has 0 saturated heterocycles. The van der Waals surface area contributed by atoms with Crippen molar-refractivity contribution < 1.29 is 9.50 Å². The lowest BCUT2D eigenvalue weighted by atomic mass is 10.0. The molecule has 0 aromatic heterocycles. The molecule has 78 valence electrons. The molecule has 0 saturated carbocycles. The summed E-state index contributed by atoms with van der Waals surface area (Å²) in [6, 6.07) is 10.1. The van der Waals surface area contributed by atoms with Gasteiger partial charge in [0.05, 0.1) is 6.04 Å². The maximum Gasteiger partial charge on any atom is 0.128 e. The summed E-state index contributed by atoms with van der Waals surface area (Å²) in [5, 5.41) is 11.5. The number of rotatable bonds is 2. The van der Waals surface area contributed by atoms with Crippen molar-refractivity contribution in [1.82, 2.24) is 0 Å². The van der Waals surface area contributed by atoms with Crippen molar-refractivity contribution in [2.24, 2.45) is 5.73 Å². The van der Waals surface area contributed by atoms with Crippen molar-refractivity contribution >= 4 is 10.8 Å². The van der Waals surface area contributed by atoms with Crippen LogP contribution in [0, 0.1) is 0 Å². The highest BCUT2D eigenvalue weighted by Crippen LogP contribution is 2.31. The van der Waals surface area contributed by atoms with Crippen LogP contribution in [0.1, 0.15) is 11.6 Å². The molecular formula is C12H12FNO. The van der Waals surface area contributed by atoms with Gasteiger partial charge >= 0.3 is 0 Å². The lowest BCUT2D eigenvalue weighted by molar-refractivity contribution is 0.417. The fourth-order valence-electron chi connectivity index (χ4n) is 1.65. The second kappa shape index (κ2) is 3.87. The molecule has 0 aliphatic carbocycles. The number of nitrogens with two attached hydrogens (primary N) is 1. The molecule has 0 aliphatic rings. The number of aromatic hydroxyl groups is 1. The topological polar surface area (TPSA) is 46.2 Å². The minimum Gasteiger partial charge on any atom is -0.507 e. The van der Waals surface area contributed by atoms with Crippen LogP contribution in [-0.4, -0.2) is 11.8 Å². The average Bonchev–Trinajstić information content (AvgIpc) is 2.29. The number of hydrogen-bond acceptors (Lipinski definition) is 2. The molecule has 2 rings (SSSR count). The fourth-order valence-corrected chi connectivity index (χ4v) is 1.65. The van der Waals surface area contributed by atoms with Gasteiger partial charge in [-0.15, -0.1) is 0 Å². The standard InChI is InChI=1S/C12H12FNO/c13-7-11(14)10-6-5-8-3-1-2-4-9(8)12(10)15/h1-6,11,15H,7,14H2. The predicted molar refractivity (Wildman–Crippen MR) is 58.5 cm³/mol. The molecule has 0 bridgehead atoms. The van der Waals surface area contributed by atoms with Crippen LogP contribution in [0.3, 0.4) is 0 Å². The van der Waals surface area contributed by atoms with Gasteiger partial charge in [-0.05, 0) is 5.39 Å². The van der Waals surface area contributed by atoms with E-state index in [2.05, 4.69) is 0 Å². The Bertz CT molecular complexity index is 484. The number of benzene rings is 2. The summed E-state index contributed by atoms with van der Waals surface area (Å²) in [6.07, 6.45) is 0. The van der Waals surface area contributed by atoms with Crippen molar-refractivity contribution in [3.8, 4) is 5.75 Å². The van der Waals surface area contributed by atoms with Crippen LogP contribution < -0.4 is 5.73 Å². The van der Waals surface area contributed by atoms with E-state index in [9.17, 15) is 9.50 Å². The summed E-state index contributed by atoms with van der Waals surface area (Å²) < 4.78 is 12.4. The lowest BCUT2D eigenvalue weighted by Crippen LogP contribution is -2.12. The van der Waals surface area contributed by atoms with E-state index in [4.69, 9.17) is 5.73 Å². The van der Waals surface area contributed by atoms with E-state index in [0.717, 1.165) is 5.39 Å². The minimum absolute atomic E-state index is 0.0817. The highest BCUT2D eigenvalue weighted by Gasteiger charge is 2.12. The molecule has 0 amide bonds. The summed E-state index contributed by atoms with van der Waals surface area (Å²) in [4.78, 5) is 0. The molecule has 2 aromatic carbocycles. The van der Waals surface area contributed by atoms with E-state index in [1.807, 2.05) is 24.3 Å². The van der Waals surface area contributed by atoms with Gasteiger partial charge in [0.15, 0.2) is 0 Å². The summed E-state index contributed by atoms with van der Waals surface area (Å²) >= 11 is 0. The Labute approximate surface area is 87.1 Å². The van der Waals surface area contributed by atoms with E-state index < -0.39 is 12.7 Å². The van der Waals surface area contributed by atoms with Crippen molar-refractivity contribution in [3.05, 3.63) is 42.0 Å². The van der Waals surface area contributed by atoms with Crippen LogP contribution in [0.2, 0.25) is 0 Å². The monoisotopic (exact) mass is 205 g/mol. The number of alkyl halides is 1. The number of phenols is 1. The molecule has 15 heavy (non-hydrogen) atoms. The number of fused-ring (bicyclic) bond motifs is 1. The molecule has 1 atom stereocenters. The van der Waals surface area contributed by atoms with Gasteiger partial charge in [0.2, 0.25) is 0 Å². The molecule has 0 spiro atoms. The Morgan fingerprint density at radius 2 is 1.93 bits per heavy atom. The highest BCUT2D eigenvalue weighted by molar-refractivity contribution is 5.89. The quantitative estimate of drug-likeness (QED) is 0.791. The second-order valence-corrected chi connectivity index (χ2v) is 3.49. The van der Waals surface area contributed by atoms with Crippen LogP contribution >= 0.6 is 0 Å². The van der Waals surface area contributed by atoms with Crippen molar-refractivity contribution in [3.63, 3.8) is 0 Å². The van der Waals surface area contributed by atoms with Gasteiger partial charge in [-0.3, -0.25) is 0 Å². The SMILES string of the molecule is NC(CF)c1ccc2ccccc2c1O. The van der Waals surface area contributed by atoms with E-state index in [1.165, 1.54) is 0 Å². The molecule has 2 nitrogen and oxygen atoms in total. The molecule has 0 heterocycles. The molecule has 1 unspecified atom stereocenters. The Hall–Kier alpha value is -1.61. The zero-order valence-corrected chi connectivity index (χ0v) is 8.15. The van der Waals surface area contributed by atoms with Crippen LogP contribution in [0.5, 0.6) is 5.75 Å². The van der Waals surface area contributed by atoms with Gasteiger partial charge in [-0.1, -0.05) is 36.4 Å². The maximum absolute atomic E-state index is 12.4. The minimum atomic E-state index is -0.755. The molecule has 0 fully saturated rings. The summed E-state index contributed by atoms with van der Waals surface area (Å²) in [5.74, 6) is 0.0817. The largest absolute Gasteiger partial charge is 0.507 e. The maximum atomic E-state index is 12.4. The summed E-state index contributed by atoms with van der Waals surface area (Å²) in [5.41, 5.74) is 6.01. The first-order valence-corrected chi connectivity index (χ1v) is 4.76. The number of phenolic OH excluding ortho intramolecular Hbond substituents is 1. The van der Waals surface area contributed by atoms with Gasteiger partial charge in [-0.2, -0.15) is 0 Å². The van der Waals surface area contributed by atoms with E-state index in [0.29, 0.717) is 10.9 Å². The third-order valence-corrected chi connectivity index (χ3v) is 2.50. The Morgan fingerprint density at radius 3 is 2.67 bits per heavy atom. The molecular weight excluding hydrogens is 193 g/mol. The molecule has 3 heteroatoms. The lowest BCUT2D eigenvalue weighted by Gasteiger charge is -2.11. The Balaban J connectivity index is 2.65. The van der Waals surface area contributed by atoms with Crippen molar-refractivity contribution in [2.75, 3.05) is 6.67 Å². The van der Waals surface area contributed by atoms with Gasteiger partial charge < -0.3 is 10.8 Å². The number of halogens is 1. The molecule has 0 aliphatic heterocycles. The second-order valence-electron chi connectivity index (χ2n) is 3.49. The van der Waals surface area contributed by atoms with Crippen LogP contribution in [0.15, 0.2) is 36.4 Å². The smallest absolute Gasteiger partial charge is 0.128 e. The van der Waals surface area contributed by atoms with Crippen LogP contribution in [0.25, 0.3) is 10.8 Å². The van der Waals surface area contributed by atoms with Gasteiger partial charge in [0.25, 0.3) is 0 Å². The van der Waals surface area contributed by atoms with E-state index in [-0.39, 0.29) is 5.75 Å². The summed E-state index contributed by atoms with van der Waals surface area (Å²) in [7, 11) is 0. The summed E-state index contributed by atoms with van der Waals surface area (Å²) in [6.45, 7) is -0.675. The van der Waals surface area contributed by atoms with Crippen LogP contribution in [0.4, 0.5) is 4.39 Å². The Morgan fingerprint density at radius 1 is 1.20 bits per heavy atom. The first kappa shape index (κ1) is 9.93. The molecule has 0 radical (unpaired) electrons. The third kappa shape index (κ3) is 1.66. The third-order valence-electron chi connectivity index (χ3n) is 2.50. The fraction of sp³-hybridized carbons (Fsp3) is 0.167. The highest BCUT2D eigenvalue weighted by atomic mass is 19.1. The first-order chi connectivity index (χ1) is 7.24. The first-order valence-electron chi connectivity index (χ1n) is 4.76. The van der Waals surface area contributed by atoms with Gasteiger partial charge in [-0.25, -0.2) is 4.39 Å². The van der Waals surface area contributed by atoms with Crippen molar-refractivity contribution in [2.45, 2.75) is 6.04 Å². The molecule has 3 N–H and O–H groups in total. The predicted octanol–water partition coefficient (Wildman–Crippen LogP) is 2.51. The van der Waals surface area contributed by atoms with Gasteiger partial charge in [0, 0.05) is 10.9 Å². The zero-order valence-electron chi connectivity index (χ0n) is 8.15. The molecule has 2 aromatic rings. The zero-order chi connectivity index (χ0) is 10.8. The average molecular weight is 205 g/mol. The van der Waals surface area contributed by atoms with E-state index in [1.54, 1.807) is 12.1 Å². The van der Waals surface area contributed by atoms with Crippen molar-refractivity contribution in [1.29, 1.82) is 0 Å². The van der Waals surface area contributed by atoms with Crippen LogP contribution in [-0.2, 0) is 0 Å². The van der Waals surface area contributed by atoms with Gasteiger partial charge in [0.1, 0.15) is 12.4 Å². The normalized spacial score (nSPS) is 12.9. The van der Waals surface area contributed by atoms with E-state index >= 15 is 0 Å². The number of hydrogen-bond donors (Lipinski definition) is 2.